The summed E-state index contributed by atoms with van der Waals surface area (Å²) < 4.78 is 72.5. The van der Waals surface area contributed by atoms with Crippen molar-refractivity contribution in [2.24, 2.45) is 5.16 Å². The van der Waals surface area contributed by atoms with Gasteiger partial charge < -0.3 is 14.5 Å². The first-order valence-corrected chi connectivity index (χ1v) is 14.1. The zero-order valence-corrected chi connectivity index (χ0v) is 23.0. The second-order valence-electron chi connectivity index (χ2n) is 10.1. The van der Waals surface area contributed by atoms with Crippen molar-refractivity contribution in [2.45, 2.75) is 63.8 Å². The van der Waals surface area contributed by atoms with Gasteiger partial charge in [-0.1, -0.05) is 11.2 Å². The molecular weight excluding hydrogens is 569 g/mol. The molecule has 0 N–H and O–H groups in total. The maximum absolute atomic E-state index is 13.7. The van der Waals surface area contributed by atoms with Gasteiger partial charge in [-0.15, -0.1) is 11.3 Å². The molecule has 3 aromatic rings. The number of benzene rings is 1. The highest BCUT2D eigenvalue weighted by Gasteiger charge is 2.35. The van der Waals surface area contributed by atoms with Crippen LogP contribution in [0.25, 0.3) is 0 Å². The summed E-state index contributed by atoms with van der Waals surface area (Å²) in [5.41, 5.74) is 0.752. The molecule has 1 fully saturated rings. The average molecular weight is 598 g/mol. The monoisotopic (exact) mass is 597 g/mol. The number of hydrogen-bond acceptors (Lipinski definition) is 7. The summed E-state index contributed by atoms with van der Waals surface area (Å²) in [5.74, 6) is -1.96. The number of piperidine rings is 1. The molecule has 14 heteroatoms. The highest BCUT2D eigenvalue weighted by Crippen LogP contribution is 2.32. The zero-order valence-electron chi connectivity index (χ0n) is 22.2. The fraction of sp³-hybridized carbons (Fsp3) is 0.481. The number of ether oxygens (including phenoxy) is 1. The third-order valence-corrected chi connectivity index (χ3v) is 8.15. The number of carbonyl (C=O) groups excluding carboxylic acids is 1. The van der Waals surface area contributed by atoms with E-state index in [0.717, 1.165) is 39.3 Å². The van der Waals surface area contributed by atoms with Crippen molar-refractivity contribution in [3.63, 3.8) is 0 Å². The van der Waals surface area contributed by atoms with E-state index in [9.17, 15) is 26.7 Å². The number of thiazole rings is 1. The second-order valence-corrected chi connectivity index (χ2v) is 11.0. The summed E-state index contributed by atoms with van der Waals surface area (Å²) in [7, 11) is 0. The number of amides is 1. The second kappa shape index (κ2) is 12.1. The van der Waals surface area contributed by atoms with Crippen molar-refractivity contribution < 1.29 is 36.3 Å². The molecule has 2 aliphatic rings. The molecule has 0 bridgehead atoms. The van der Waals surface area contributed by atoms with Gasteiger partial charge in [0.2, 0.25) is 5.91 Å². The van der Waals surface area contributed by atoms with Gasteiger partial charge in [0.25, 0.3) is 0 Å². The van der Waals surface area contributed by atoms with E-state index in [1.54, 1.807) is 4.90 Å². The van der Waals surface area contributed by atoms with E-state index in [1.807, 2.05) is 5.38 Å². The van der Waals surface area contributed by atoms with Gasteiger partial charge in [0.15, 0.2) is 23.1 Å². The standard InChI is InChI=1S/C27H28F5N5O3S/c1-16-12-23(27(30,31)32)34-37(16)14-24(38)36-9-7-17(8-10-36)26-33-22(15-41-26)21-13-18(40-35-21)4-3-11-39-25-19(28)5-2-6-20(25)29/h2,5-6,12,15,17-18H,3-4,7-11,13-14H2,1H3. The largest absolute Gasteiger partial charge is 0.488 e. The number of aryl methyl sites for hydroxylation is 1. The van der Waals surface area contributed by atoms with E-state index in [0.29, 0.717) is 45.2 Å². The van der Waals surface area contributed by atoms with Gasteiger partial charge in [0, 0.05) is 36.5 Å². The maximum Gasteiger partial charge on any atom is 0.435 e. The molecule has 1 unspecified atom stereocenters. The van der Waals surface area contributed by atoms with Crippen molar-refractivity contribution >= 4 is 23.0 Å². The van der Waals surface area contributed by atoms with Gasteiger partial charge in [0.1, 0.15) is 18.4 Å². The van der Waals surface area contributed by atoms with E-state index < -0.39 is 23.5 Å². The third-order valence-electron chi connectivity index (χ3n) is 7.14. The van der Waals surface area contributed by atoms with Crippen LogP contribution in [0.3, 0.4) is 0 Å². The van der Waals surface area contributed by atoms with Crippen LogP contribution in [0.5, 0.6) is 5.75 Å². The minimum Gasteiger partial charge on any atom is -0.488 e. The Bertz CT molecular complexity index is 1390. The van der Waals surface area contributed by atoms with Crippen molar-refractivity contribution in [3.05, 3.63) is 63.4 Å². The van der Waals surface area contributed by atoms with Gasteiger partial charge in [-0.2, -0.15) is 18.3 Å². The molecule has 4 heterocycles. The number of hydrogen-bond donors (Lipinski definition) is 0. The van der Waals surface area contributed by atoms with Crippen LogP contribution < -0.4 is 4.74 Å². The van der Waals surface area contributed by atoms with Crippen molar-refractivity contribution in [3.8, 4) is 5.75 Å². The molecular formula is C27H28F5N5O3S. The number of likely N-dealkylation sites (tertiary alicyclic amines) is 1. The number of alkyl halides is 3. The number of carbonyl (C=O) groups is 1. The summed E-state index contributed by atoms with van der Waals surface area (Å²) >= 11 is 1.52. The fourth-order valence-electron chi connectivity index (χ4n) is 4.86. The lowest BCUT2D eigenvalue weighted by molar-refractivity contribution is -0.142. The molecule has 41 heavy (non-hydrogen) atoms. The van der Waals surface area contributed by atoms with Crippen molar-refractivity contribution in [1.29, 1.82) is 0 Å². The Kier molecular flexibility index (Phi) is 8.57. The maximum atomic E-state index is 13.7. The van der Waals surface area contributed by atoms with Crippen LogP contribution in [0.1, 0.15) is 60.1 Å². The van der Waals surface area contributed by atoms with Gasteiger partial charge in [-0.05, 0) is 50.8 Å². The van der Waals surface area contributed by atoms with E-state index in [4.69, 9.17) is 14.6 Å². The molecule has 0 saturated carbocycles. The van der Waals surface area contributed by atoms with Crippen LogP contribution in [-0.4, -0.2) is 57.1 Å². The topological polar surface area (TPSA) is 81.8 Å². The summed E-state index contributed by atoms with van der Waals surface area (Å²) in [6.07, 6.45) is -1.65. The van der Waals surface area contributed by atoms with Gasteiger partial charge >= 0.3 is 6.18 Å². The number of rotatable bonds is 9. The third kappa shape index (κ3) is 6.85. The van der Waals surface area contributed by atoms with Gasteiger partial charge in [0.05, 0.1) is 17.3 Å². The summed E-state index contributed by atoms with van der Waals surface area (Å²) in [6, 6.07) is 4.51. The van der Waals surface area contributed by atoms with Crippen LogP contribution in [0.4, 0.5) is 22.0 Å². The van der Waals surface area contributed by atoms with E-state index >= 15 is 0 Å². The Labute approximate surface area is 236 Å². The first-order chi connectivity index (χ1) is 19.6. The molecule has 5 rings (SSSR count). The number of aromatic nitrogens is 3. The number of halogens is 5. The molecule has 1 aromatic carbocycles. The molecule has 0 radical (unpaired) electrons. The van der Waals surface area contributed by atoms with Crippen molar-refractivity contribution in [2.75, 3.05) is 19.7 Å². The van der Waals surface area contributed by atoms with Crippen LogP contribution in [0, 0.1) is 18.6 Å². The Morgan fingerprint density at radius 3 is 2.61 bits per heavy atom. The normalized spacial score (nSPS) is 18.0. The lowest BCUT2D eigenvalue weighted by atomic mass is 9.97. The minimum atomic E-state index is -4.55. The molecule has 0 aliphatic carbocycles. The van der Waals surface area contributed by atoms with Crippen LogP contribution in [0.2, 0.25) is 0 Å². The molecule has 1 saturated heterocycles. The minimum absolute atomic E-state index is 0.144. The van der Waals surface area contributed by atoms with E-state index in [-0.39, 0.29) is 42.5 Å². The quantitative estimate of drug-likeness (QED) is 0.233. The molecule has 2 aromatic heterocycles. The smallest absolute Gasteiger partial charge is 0.435 e. The molecule has 1 atom stereocenters. The predicted molar refractivity (Wildman–Crippen MR) is 140 cm³/mol. The number of para-hydroxylation sites is 1. The zero-order chi connectivity index (χ0) is 29.1. The van der Waals surface area contributed by atoms with E-state index in [1.165, 1.54) is 24.3 Å². The highest BCUT2D eigenvalue weighted by atomic mass is 32.1. The Morgan fingerprint density at radius 2 is 1.93 bits per heavy atom. The van der Waals surface area contributed by atoms with Gasteiger partial charge in [-0.3, -0.25) is 9.48 Å². The first kappa shape index (κ1) is 29.0. The molecule has 2 aliphatic heterocycles. The fourth-order valence-corrected chi connectivity index (χ4v) is 5.86. The SMILES string of the molecule is Cc1cc(C(F)(F)F)nn1CC(=O)N1CCC(c2nc(C3=NOC(CCCOc4c(F)cccc4F)C3)cs2)CC1. The predicted octanol–water partition coefficient (Wildman–Crippen LogP) is 5.70. The summed E-state index contributed by atoms with van der Waals surface area (Å²) in [4.78, 5) is 24.7. The average Bonchev–Trinajstić information content (AvgIpc) is 3.68. The summed E-state index contributed by atoms with van der Waals surface area (Å²) in [5, 5.41) is 10.6. The molecule has 1 amide bonds. The summed E-state index contributed by atoms with van der Waals surface area (Å²) in [6.45, 7) is 2.37. The number of oxime groups is 1. The van der Waals surface area contributed by atoms with Crippen LogP contribution in [-0.2, 0) is 22.4 Å². The van der Waals surface area contributed by atoms with E-state index in [2.05, 4.69) is 10.3 Å². The molecule has 0 spiro atoms. The lowest BCUT2D eigenvalue weighted by Crippen LogP contribution is -2.40. The lowest BCUT2D eigenvalue weighted by Gasteiger charge is -2.31. The Hall–Kier alpha value is -3.55. The Morgan fingerprint density at radius 1 is 1.20 bits per heavy atom. The first-order valence-electron chi connectivity index (χ1n) is 13.2. The Balaban J connectivity index is 1.06. The van der Waals surface area contributed by atoms with Crippen LogP contribution >= 0.6 is 11.3 Å². The number of nitrogens with zero attached hydrogens (tertiary/aromatic N) is 5. The van der Waals surface area contributed by atoms with Crippen LogP contribution in [0.15, 0.2) is 34.8 Å². The highest BCUT2D eigenvalue weighted by molar-refractivity contribution is 7.10. The van der Waals surface area contributed by atoms with Gasteiger partial charge in [-0.25, -0.2) is 13.8 Å². The molecule has 8 nitrogen and oxygen atoms in total. The van der Waals surface area contributed by atoms with Crippen molar-refractivity contribution in [1.82, 2.24) is 19.7 Å². The molecule has 220 valence electrons.